The Labute approximate surface area is 111 Å². The molecule has 0 radical (unpaired) electrons. The molecule has 17 heavy (non-hydrogen) atoms. The zero-order valence-corrected chi connectivity index (χ0v) is 12.0. The first-order chi connectivity index (χ1) is 8.09. The third-order valence-electron chi connectivity index (χ3n) is 2.85. The summed E-state index contributed by atoms with van der Waals surface area (Å²) in [6.07, 6.45) is 0.889. The van der Waals surface area contributed by atoms with E-state index in [0.717, 1.165) is 23.2 Å². The SMILES string of the molecule is CCC(C)(CO)NCCOc1cccc(Br)c1. The average Bonchev–Trinajstić information content (AvgIpc) is 2.34. The molecule has 1 aromatic carbocycles. The topological polar surface area (TPSA) is 41.5 Å². The standard InChI is InChI=1S/C13H20BrNO2/c1-3-13(2,10-16)15-7-8-17-12-6-4-5-11(14)9-12/h4-6,9,15-16H,3,7-8,10H2,1-2H3. The quantitative estimate of drug-likeness (QED) is 0.761. The van der Waals surface area contributed by atoms with Crippen molar-refractivity contribution >= 4 is 15.9 Å². The fourth-order valence-corrected chi connectivity index (χ4v) is 1.75. The van der Waals surface area contributed by atoms with Crippen LogP contribution in [0.3, 0.4) is 0 Å². The molecule has 0 saturated carbocycles. The summed E-state index contributed by atoms with van der Waals surface area (Å²) in [5.41, 5.74) is -0.208. The molecule has 2 N–H and O–H groups in total. The van der Waals surface area contributed by atoms with Gasteiger partial charge in [-0.05, 0) is 31.5 Å². The van der Waals surface area contributed by atoms with E-state index >= 15 is 0 Å². The molecule has 0 aliphatic carbocycles. The minimum absolute atomic E-state index is 0.139. The molecule has 0 amide bonds. The molecule has 0 bridgehead atoms. The predicted molar refractivity (Wildman–Crippen MR) is 73.4 cm³/mol. The second-order valence-corrected chi connectivity index (χ2v) is 5.22. The van der Waals surface area contributed by atoms with E-state index < -0.39 is 0 Å². The van der Waals surface area contributed by atoms with Crippen LogP contribution in [0.15, 0.2) is 28.7 Å². The number of hydrogen-bond donors (Lipinski definition) is 2. The van der Waals surface area contributed by atoms with E-state index in [1.165, 1.54) is 0 Å². The van der Waals surface area contributed by atoms with Crippen molar-refractivity contribution in [1.82, 2.24) is 5.32 Å². The van der Waals surface area contributed by atoms with Gasteiger partial charge >= 0.3 is 0 Å². The molecular weight excluding hydrogens is 282 g/mol. The van der Waals surface area contributed by atoms with Gasteiger partial charge < -0.3 is 15.2 Å². The number of nitrogens with one attached hydrogen (secondary N) is 1. The molecule has 0 fully saturated rings. The molecule has 1 atom stereocenters. The molecule has 4 heteroatoms. The van der Waals surface area contributed by atoms with Crippen LogP contribution in [-0.4, -0.2) is 30.4 Å². The summed E-state index contributed by atoms with van der Waals surface area (Å²) in [5, 5.41) is 12.5. The number of aliphatic hydroxyl groups excluding tert-OH is 1. The highest BCUT2D eigenvalue weighted by Crippen LogP contribution is 2.17. The van der Waals surface area contributed by atoms with Crippen molar-refractivity contribution < 1.29 is 9.84 Å². The third-order valence-corrected chi connectivity index (χ3v) is 3.34. The van der Waals surface area contributed by atoms with Crippen LogP contribution in [0.2, 0.25) is 0 Å². The Hall–Kier alpha value is -0.580. The summed E-state index contributed by atoms with van der Waals surface area (Å²) in [7, 11) is 0. The molecule has 0 heterocycles. The van der Waals surface area contributed by atoms with Gasteiger partial charge in [0.15, 0.2) is 0 Å². The second-order valence-electron chi connectivity index (χ2n) is 4.30. The molecular formula is C13H20BrNO2. The highest BCUT2D eigenvalue weighted by atomic mass is 79.9. The summed E-state index contributed by atoms with van der Waals surface area (Å²) in [5.74, 6) is 0.850. The molecule has 0 spiro atoms. The number of ether oxygens (including phenoxy) is 1. The monoisotopic (exact) mass is 301 g/mol. The lowest BCUT2D eigenvalue weighted by atomic mass is 10.0. The van der Waals surface area contributed by atoms with Gasteiger partial charge in [-0.2, -0.15) is 0 Å². The van der Waals surface area contributed by atoms with Gasteiger partial charge in [0.2, 0.25) is 0 Å². The first kappa shape index (κ1) is 14.5. The van der Waals surface area contributed by atoms with Gasteiger partial charge in [-0.3, -0.25) is 0 Å². The zero-order chi connectivity index (χ0) is 12.7. The fraction of sp³-hybridized carbons (Fsp3) is 0.538. The Kier molecular flexibility index (Phi) is 5.95. The Morgan fingerprint density at radius 2 is 2.24 bits per heavy atom. The molecule has 0 saturated heterocycles. The smallest absolute Gasteiger partial charge is 0.120 e. The largest absolute Gasteiger partial charge is 0.492 e. The van der Waals surface area contributed by atoms with Crippen LogP contribution < -0.4 is 10.1 Å². The van der Waals surface area contributed by atoms with Gasteiger partial charge in [0.1, 0.15) is 12.4 Å². The van der Waals surface area contributed by atoms with Crippen molar-refractivity contribution in [2.24, 2.45) is 0 Å². The van der Waals surface area contributed by atoms with Gasteiger partial charge in [-0.25, -0.2) is 0 Å². The normalized spacial score (nSPS) is 14.4. The molecule has 0 aliphatic heterocycles. The van der Waals surface area contributed by atoms with E-state index in [-0.39, 0.29) is 12.1 Å². The number of aliphatic hydroxyl groups is 1. The number of halogens is 1. The van der Waals surface area contributed by atoms with Crippen LogP contribution in [0.5, 0.6) is 5.75 Å². The van der Waals surface area contributed by atoms with Crippen molar-refractivity contribution in [3.63, 3.8) is 0 Å². The molecule has 96 valence electrons. The Morgan fingerprint density at radius 1 is 1.47 bits per heavy atom. The maximum absolute atomic E-state index is 9.23. The summed E-state index contributed by atoms with van der Waals surface area (Å²) in [4.78, 5) is 0. The Morgan fingerprint density at radius 3 is 2.82 bits per heavy atom. The van der Waals surface area contributed by atoms with Gasteiger partial charge in [-0.1, -0.05) is 28.9 Å². The van der Waals surface area contributed by atoms with Gasteiger partial charge in [0.25, 0.3) is 0 Å². The highest BCUT2D eigenvalue weighted by molar-refractivity contribution is 9.10. The van der Waals surface area contributed by atoms with E-state index in [1.807, 2.05) is 31.2 Å². The van der Waals surface area contributed by atoms with Crippen molar-refractivity contribution in [2.75, 3.05) is 19.8 Å². The third kappa shape index (κ3) is 5.06. The fourth-order valence-electron chi connectivity index (χ4n) is 1.37. The molecule has 0 aliphatic rings. The number of rotatable bonds is 7. The van der Waals surface area contributed by atoms with E-state index in [2.05, 4.69) is 28.2 Å². The van der Waals surface area contributed by atoms with Crippen molar-refractivity contribution in [3.05, 3.63) is 28.7 Å². The molecule has 1 unspecified atom stereocenters. The maximum Gasteiger partial charge on any atom is 0.120 e. The minimum atomic E-state index is -0.208. The summed E-state index contributed by atoms with van der Waals surface area (Å²) >= 11 is 3.40. The predicted octanol–water partition coefficient (Wildman–Crippen LogP) is 2.58. The Bertz CT molecular complexity index is 340. The Balaban J connectivity index is 2.29. The van der Waals surface area contributed by atoms with Crippen molar-refractivity contribution in [1.29, 1.82) is 0 Å². The van der Waals surface area contributed by atoms with Crippen molar-refractivity contribution in [2.45, 2.75) is 25.8 Å². The van der Waals surface area contributed by atoms with Gasteiger partial charge in [0, 0.05) is 16.6 Å². The van der Waals surface area contributed by atoms with Crippen LogP contribution in [0, 0.1) is 0 Å². The van der Waals surface area contributed by atoms with E-state index in [1.54, 1.807) is 0 Å². The van der Waals surface area contributed by atoms with Crippen LogP contribution in [-0.2, 0) is 0 Å². The highest BCUT2D eigenvalue weighted by Gasteiger charge is 2.19. The zero-order valence-electron chi connectivity index (χ0n) is 10.4. The van der Waals surface area contributed by atoms with E-state index in [9.17, 15) is 5.11 Å². The minimum Gasteiger partial charge on any atom is -0.492 e. The van der Waals surface area contributed by atoms with Crippen LogP contribution in [0.1, 0.15) is 20.3 Å². The number of benzene rings is 1. The van der Waals surface area contributed by atoms with Crippen LogP contribution in [0.4, 0.5) is 0 Å². The van der Waals surface area contributed by atoms with E-state index in [0.29, 0.717) is 6.61 Å². The lowest BCUT2D eigenvalue weighted by Gasteiger charge is -2.27. The average molecular weight is 302 g/mol. The van der Waals surface area contributed by atoms with Crippen LogP contribution in [0.25, 0.3) is 0 Å². The summed E-state index contributed by atoms with van der Waals surface area (Å²) in [6.45, 7) is 5.51. The van der Waals surface area contributed by atoms with Gasteiger partial charge in [0.05, 0.1) is 6.61 Å². The first-order valence-corrected chi connectivity index (χ1v) is 6.63. The lowest BCUT2D eigenvalue weighted by Crippen LogP contribution is -2.46. The molecule has 1 aromatic rings. The molecule has 0 aromatic heterocycles. The lowest BCUT2D eigenvalue weighted by molar-refractivity contribution is 0.162. The second kappa shape index (κ2) is 6.99. The summed E-state index contributed by atoms with van der Waals surface area (Å²) < 4.78 is 6.61. The van der Waals surface area contributed by atoms with E-state index in [4.69, 9.17) is 4.74 Å². The maximum atomic E-state index is 9.23. The van der Waals surface area contributed by atoms with Gasteiger partial charge in [-0.15, -0.1) is 0 Å². The molecule has 3 nitrogen and oxygen atoms in total. The number of hydrogen-bond acceptors (Lipinski definition) is 3. The van der Waals surface area contributed by atoms with Crippen LogP contribution >= 0.6 is 15.9 Å². The first-order valence-electron chi connectivity index (χ1n) is 5.84. The molecule has 1 rings (SSSR count). The summed E-state index contributed by atoms with van der Waals surface area (Å²) in [6, 6.07) is 7.77. The van der Waals surface area contributed by atoms with Crippen molar-refractivity contribution in [3.8, 4) is 5.75 Å².